The first-order valence-electron chi connectivity index (χ1n) is 7.61. The largest absolute Gasteiger partial charge is 0.464 e. The number of hydrogen-bond acceptors (Lipinski definition) is 5. The smallest absolute Gasteiger partial charge is 0.410 e. The molecule has 0 saturated carbocycles. The minimum atomic E-state index is -0.497. The predicted octanol–water partition coefficient (Wildman–Crippen LogP) is 1.63. The Bertz CT molecular complexity index is 406. The lowest BCUT2D eigenvalue weighted by Crippen LogP contribution is -2.61. The summed E-state index contributed by atoms with van der Waals surface area (Å²) in [6.45, 7) is 11.4. The number of cyclic esters (lactones) is 1. The molecule has 0 aliphatic carbocycles. The third kappa shape index (κ3) is 3.67. The van der Waals surface area contributed by atoms with E-state index in [1.807, 2.05) is 34.6 Å². The Hall–Kier alpha value is -1.30. The molecule has 21 heavy (non-hydrogen) atoms. The highest BCUT2D eigenvalue weighted by Crippen LogP contribution is 2.24. The fraction of sp³-hybridized carbons (Fsp3) is 0.867. The van der Waals surface area contributed by atoms with Crippen molar-refractivity contribution in [1.29, 1.82) is 0 Å². The van der Waals surface area contributed by atoms with Crippen LogP contribution in [0.25, 0.3) is 0 Å². The van der Waals surface area contributed by atoms with E-state index in [4.69, 9.17) is 9.47 Å². The Balaban J connectivity index is 2.02. The Morgan fingerprint density at radius 1 is 1.24 bits per heavy atom. The van der Waals surface area contributed by atoms with Crippen LogP contribution in [0.1, 0.15) is 41.0 Å². The topological polar surface area (TPSA) is 59.1 Å². The molecule has 2 fully saturated rings. The van der Waals surface area contributed by atoms with Gasteiger partial charge in [-0.1, -0.05) is 0 Å². The predicted molar refractivity (Wildman–Crippen MR) is 77.9 cm³/mol. The number of piperazine rings is 1. The maximum absolute atomic E-state index is 12.3. The summed E-state index contributed by atoms with van der Waals surface area (Å²) in [5, 5.41) is 0. The molecule has 6 heteroatoms. The summed E-state index contributed by atoms with van der Waals surface area (Å²) in [5.41, 5.74) is -0.497. The quantitative estimate of drug-likeness (QED) is 0.689. The van der Waals surface area contributed by atoms with E-state index in [2.05, 4.69) is 4.90 Å². The fourth-order valence-corrected chi connectivity index (χ4v) is 3.11. The fourth-order valence-electron chi connectivity index (χ4n) is 3.11. The van der Waals surface area contributed by atoms with E-state index < -0.39 is 5.60 Å². The van der Waals surface area contributed by atoms with Gasteiger partial charge in [0.1, 0.15) is 11.6 Å². The number of rotatable bonds is 1. The van der Waals surface area contributed by atoms with Gasteiger partial charge in [0.25, 0.3) is 0 Å². The van der Waals surface area contributed by atoms with E-state index in [0.717, 1.165) is 6.42 Å². The summed E-state index contributed by atoms with van der Waals surface area (Å²) in [7, 11) is 0. The van der Waals surface area contributed by atoms with Crippen LogP contribution >= 0.6 is 0 Å². The van der Waals surface area contributed by atoms with Crippen molar-refractivity contribution in [2.45, 2.75) is 64.8 Å². The van der Waals surface area contributed by atoms with Crippen molar-refractivity contribution in [1.82, 2.24) is 9.80 Å². The molecular formula is C15H26N2O4. The van der Waals surface area contributed by atoms with Crippen molar-refractivity contribution in [3.63, 3.8) is 0 Å². The van der Waals surface area contributed by atoms with E-state index in [-0.39, 0.29) is 30.2 Å². The molecular weight excluding hydrogens is 272 g/mol. The summed E-state index contributed by atoms with van der Waals surface area (Å²) in [6.07, 6.45) is 0.459. The first-order chi connectivity index (χ1) is 9.69. The highest BCUT2D eigenvalue weighted by atomic mass is 16.6. The monoisotopic (exact) mass is 298 g/mol. The molecule has 1 amide bonds. The van der Waals surface area contributed by atoms with Crippen LogP contribution in [0.4, 0.5) is 4.79 Å². The van der Waals surface area contributed by atoms with Gasteiger partial charge < -0.3 is 14.4 Å². The maximum Gasteiger partial charge on any atom is 0.410 e. The van der Waals surface area contributed by atoms with Crippen LogP contribution in [0.5, 0.6) is 0 Å². The molecule has 2 aliphatic heterocycles. The van der Waals surface area contributed by atoms with Crippen molar-refractivity contribution in [3.8, 4) is 0 Å². The van der Waals surface area contributed by atoms with Gasteiger partial charge in [-0.3, -0.25) is 9.69 Å². The van der Waals surface area contributed by atoms with Crippen LogP contribution in [-0.2, 0) is 14.3 Å². The molecule has 0 radical (unpaired) electrons. The molecule has 0 spiro atoms. The SMILES string of the molecule is C[C@@H]1CN([C@@H]2CCOC2=O)C[C@H](C)N1C(=O)OC(C)(C)C. The third-order valence-corrected chi connectivity index (χ3v) is 3.90. The highest BCUT2D eigenvalue weighted by Gasteiger charge is 2.41. The highest BCUT2D eigenvalue weighted by molar-refractivity contribution is 5.77. The van der Waals surface area contributed by atoms with Crippen LogP contribution in [0.15, 0.2) is 0 Å². The molecule has 2 saturated heterocycles. The number of carbonyl (C=O) groups excluding carboxylic acids is 2. The zero-order chi connectivity index (χ0) is 15.8. The van der Waals surface area contributed by atoms with Crippen molar-refractivity contribution < 1.29 is 19.1 Å². The molecule has 2 heterocycles. The molecule has 0 bridgehead atoms. The molecule has 120 valence electrons. The Morgan fingerprint density at radius 3 is 2.24 bits per heavy atom. The Morgan fingerprint density at radius 2 is 1.81 bits per heavy atom. The second-order valence-electron chi connectivity index (χ2n) is 7.01. The average Bonchev–Trinajstić information content (AvgIpc) is 2.71. The summed E-state index contributed by atoms with van der Waals surface area (Å²) >= 11 is 0. The molecule has 3 atom stereocenters. The molecule has 0 N–H and O–H groups in total. The summed E-state index contributed by atoms with van der Waals surface area (Å²) in [5.74, 6) is -0.139. The van der Waals surface area contributed by atoms with Crippen LogP contribution < -0.4 is 0 Å². The minimum Gasteiger partial charge on any atom is -0.464 e. The number of esters is 1. The van der Waals surface area contributed by atoms with Gasteiger partial charge in [0.05, 0.1) is 6.61 Å². The minimum absolute atomic E-state index is 0.0111. The maximum atomic E-state index is 12.3. The van der Waals surface area contributed by atoms with E-state index in [9.17, 15) is 9.59 Å². The number of nitrogens with zero attached hydrogens (tertiary/aromatic N) is 2. The van der Waals surface area contributed by atoms with Crippen LogP contribution in [0.3, 0.4) is 0 Å². The number of carbonyl (C=O) groups is 2. The second kappa shape index (κ2) is 5.83. The van der Waals surface area contributed by atoms with Gasteiger partial charge in [0.15, 0.2) is 0 Å². The van der Waals surface area contributed by atoms with Crippen molar-refractivity contribution in [2.24, 2.45) is 0 Å². The van der Waals surface area contributed by atoms with Crippen LogP contribution in [0, 0.1) is 0 Å². The first-order valence-corrected chi connectivity index (χ1v) is 7.61. The summed E-state index contributed by atoms with van der Waals surface area (Å²) < 4.78 is 10.5. The van der Waals surface area contributed by atoms with Crippen molar-refractivity contribution >= 4 is 12.1 Å². The van der Waals surface area contributed by atoms with Gasteiger partial charge in [0.2, 0.25) is 0 Å². The van der Waals surface area contributed by atoms with E-state index >= 15 is 0 Å². The average molecular weight is 298 g/mol. The Kier molecular flexibility index (Phi) is 4.46. The zero-order valence-corrected chi connectivity index (χ0v) is 13.6. The van der Waals surface area contributed by atoms with Crippen molar-refractivity contribution in [2.75, 3.05) is 19.7 Å². The molecule has 0 aromatic rings. The van der Waals surface area contributed by atoms with Gasteiger partial charge in [-0.05, 0) is 34.6 Å². The number of amides is 1. The van der Waals surface area contributed by atoms with E-state index in [0.29, 0.717) is 19.7 Å². The standard InChI is InChI=1S/C15H26N2O4/c1-10-8-16(12-6-7-20-13(12)18)9-11(2)17(10)14(19)21-15(3,4)5/h10-12H,6-9H2,1-5H3/t10-,11+,12-/m1/s1. The molecule has 2 rings (SSSR count). The third-order valence-electron chi connectivity index (χ3n) is 3.90. The number of ether oxygens (including phenoxy) is 2. The lowest BCUT2D eigenvalue weighted by Gasteiger charge is -2.45. The lowest BCUT2D eigenvalue weighted by atomic mass is 10.1. The zero-order valence-electron chi connectivity index (χ0n) is 13.6. The summed E-state index contributed by atoms with van der Waals surface area (Å²) in [4.78, 5) is 28.0. The molecule has 2 aliphatic rings. The lowest BCUT2D eigenvalue weighted by molar-refractivity contribution is -0.143. The second-order valence-corrected chi connectivity index (χ2v) is 7.01. The van der Waals surface area contributed by atoms with Crippen LogP contribution in [-0.4, -0.2) is 65.3 Å². The van der Waals surface area contributed by atoms with Gasteiger partial charge in [-0.2, -0.15) is 0 Å². The Labute approximate surface area is 126 Å². The molecule has 0 unspecified atom stereocenters. The van der Waals surface area contributed by atoms with Gasteiger partial charge in [0, 0.05) is 31.6 Å². The van der Waals surface area contributed by atoms with Gasteiger partial charge >= 0.3 is 12.1 Å². The van der Waals surface area contributed by atoms with Gasteiger partial charge in [-0.15, -0.1) is 0 Å². The molecule has 0 aromatic carbocycles. The molecule has 6 nitrogen and oxygen atoms in total. The van der Waals surface area contributed by atoms with Gasteiger partial charge in [-0.25, -0.2) is 4.79 Å². The number of hydrogen-bond donors (Lipinski definition) is 0. The molecule has 0 aromatic heterocycles. The van der Waals surface area contributed by atoms with E-state index in [1.54, 1.807) is 4.90 Å². The van der Waals surface area contributed by atoms with Crippen LogP contribution in [0.2, 0.25) is 0 Å². The normalized spacial score (nSPS) is 31.2. The summed E-state index contributed by atoms with van der Waals surface area (Å²) in [6, 6.07) is -0.135. The van der Waals surface area contributed by atoms with E-state index in [1.165, 1.54) is 0 Å². The van der Waals surface area contributed by atoms with Crippen molar-refractivity contribution in [3.05, 3.63) is 0 Å². The first kappa shape index (κ1) is 16.1.